The SMILES string of the molecule is CC(=O)O[C@H]1CC[C@@]2(C)C(=C[C@H](NC3CCCCC3)[C@H]3[C@@H]4CC[C@H]([C@H](C)CCCC(C)C)[C@@]4(C)CC[C@@H]32)C1. The van der Waals surface area contributed by atoms with Gasteiger partial charge in [-0.25, -0.2) is 0 Å². The highest BCUT2D eigenvalue weighted by Gasteiger charge is 2.61. The Morgan fingerprint density at radius 3 is 2.45 bits per heavy atom. The van der Waals surface area contributed by atoms with Crippen molar-refractivity contribution in [3.05, 3.63) is 11.6 Å². The molecule has 0 aromatic rings. The third-order valence-electron chi connectivity index (χ3n) is 12.7. The van der Waals surface area contributed by atoms with Gasteiger partial charge >= 0.3 is 5.97 Å². The average Bonchev–Trinajstić information content (AvgIpc) is 3.22. The molecule has 38 heavy (non-hydrogen) atoms. The van der Waals surface area contributed by atoms with Crippen LogP contribution in [0.2, 0.25) is 0 Å². The Balaban J connectivity index is 1.41. The van der Waals surface area contributed by atoms with Crippen LogP contribution in [-0.4, -0.2) is 24.2 Å². The number of rotatable bonds is 8. The summed E-state index contributed by atoms with van der Waals surface area (Å²) in [6, 6.07) is 1.19. The highest BCUT2D eigenvalue weighted by Crippen LogP contribution is 2.67. The molecule has 3 heteroatoms. The van der Waals surface area contributed by atoms with Crippen molar-refractivity contribution in [2.45, 2.75) is 156 Å². The largest absolute Gasteiger partial charge is 0.462 e. The molecule has 3 nitrogen and oxygen atoms in total. The molecular weight excluding hydrogens is 466 g/mol. The minimum atomic E-state index is -0.113. The van der Waals surface area contributed by atoms with E-state index in [2.05, 4.69) is 46.0 Å². The Labute approximate surface area is 234 Å². The van der Waals surface area contributed by atoms with Gasteiger partial charge in [0, 0.05) is 25.4 Å². The zero-order valence-corrected chi connectivity index (χ0v) is 25.7. The van der Waals surface area contributed by atoms with Crippen LogP contribution in [0.15, 0.2) is 11.6 Å². The summed E-state index contributed by atoms with van der Waals surface area (Å²) in [5.74, 6) is 4.86. The molecule has 0 amide bonds. The molecular formula is C35H59NO2. The highest BCUT2D eigenvalue weighted by atomic mass is 16.5. The third-order valence-corrected chi connectivity index (χ3v) is 12.7. The molecule has 5 aliphatic rings. The van der Waals surface area contributed by atoms with E-state index in [0.717, 1.165) is 48.3 Å². The number of carbonyl (C=O) groups excluding carboxylic acids is 1. The summed E-state index contributed by atoms with van der Waals surface area (Å²) < 4.78 is 5.78. The van der Waals surface area contributed by atoms with E-state index in [-0.39, 0.29) is 17.5 Å². The Kier molecular flexibility index (Phi) is 8.74. The molecule has 4 fully saturated rings. The second kappa shape index (κ2) is 11.6. The van der Waals surface area contributed by atoms with Crippen LogP contribution in [0.5, 0.6) is 0 Å². The van der Waals surface area contributed by atoms with Gasteiger partial charge in [0.2, 0.25) is 0 Å². The van der Waals surface area contributed by atoms with Crippen LogP contribution in [0.25, 0.3) is 0 Å². The molecule has 4 saturated carbocycles. The first-order chi connectivity index (χ1) is 18.1. The Bertz CT molecular complexity index is 858. The number of esters is 1. The Hall–Kier alpha value is -0.830. The summed E-state index contributed by atoms with van der Waals surface area (Å²) in [5.41, 5.74) is 2.40. The Morgan fingerprint density at radius 1 is 0.974 bits per heavy atom. The Morgan fingerprint density at radius 2 is 1.74 bits per heavy atom. The molecule has 0 heterocycles. The van der Waals surface area contributed by atoms with Crippen molar-refractivity contribution in [1.29, 1.82) is 0 Å². The van der Waals surface area contributed by atoms with Crippen LogP contribution in [0.1, 0.15) is 138 Å². The molecule has 0 radical (unpaired) electrons. The molecule has 0 aromatic carbocycles. The van der Waals surface area contributed by atoms with Gasteiger partial charge in [0.05, 0.1) is 0 Å². The van der Waals surface area contributed by atoms with Crippen molar-refractivity contribution in [3.63, 3.8) is 0 Å². The highest BCUT2D eigenvalue weighted by molar-refractivity contribution is 5.66. The van der Waals surface area contributed by atoms with Crippen molar-refractivity contribution in [2.24, 2.45) is 46.3 Å². The topological polar surface area (TPSA) is 38.3 Å². The van der Waals surface area contributed by atoms with Crippen molar-refractivity contribution >= 4 is 5.97 Å². The molecule has 0 unspecified atom stereocenters. The molecule has 5 rings (SSSR count). The van der Waals surface area contributed by atoms with Gasteiger partial charge in [0.15, 0.2) is 0 Å². The molecule has 1 N–H and O–H groups in total. The van der Waals surface area contributed by atoms with Gasteiger partial charge in [-0.1, -0.05) is 84.8 Å². The average molecular weight is 526 g/mol. The smallest absolute Gasteiger partial charge is 0.302 e. The van der Waals surface area contributed by atoms with E-state index in [1.54, 1.807) is 12.5 Å². The maximum atomic E-state index is 11.8. The van der Waals surface area contributed by atoms with E-state index >= 15 is 0 Å². The molecule has 0 saturated heterocycles. The van der Waals surface area contributed by atoms with Crippen LogP contribution in [-0.2, 0) is 9.53 Å². The fourth-order valence-corrected chi connectivity index (χ4v) is 10.7. The van der Waals surface area contributed by atoms with Crippen molar-refractivity contribution in [2.75, 3.05) is 0 Å². The number of nitrogens with one attached hydrogen (secondary N) is 1. The maximum Gasteiger partial charge on any atom is 0.302 e. The van der Waals surface area contributed by atoms with Crippen molar-refractivity contribution < 1.29 is 9.53 Å². The summed E-state index contributed by atoms with van der Waals surface area (Å²) in [4.78, 5) is 11.8. The fraction of sp³-hybridized carbons (Fsp3) is 0.914. The number of carbonyl (C=O) groups is 1. The second-order valence-electron chi connectivity index (χ2n) is 15.4. The minimum Gasteiger partial charge on any atom is -0.462 e. The first-order valence-corrected chi connectivity index (χ1v) is 16.8. The van der Waals surface area contributed by atoms with Gasteiger partial charge in [-0.15, -0.1) is 0 Å². The lowest BCUT2D eigenvalue weighted by Crippen LogP contribution is -2.59. The van der Waals surface area contributed by atoms with E-state index < -0.39 is 0 Å². The quantitative estimate of drug-likeness (QED) is 0.254. The predicted octanol–water partition coefficient (Wildman–Crippen LogP) is 8.86. The third kappa shape index (κ3) is 5.53. The van der Waals surface area contributed by atoms with Gasteiger partial charge in [0.1, 0.15) is 6.10 Å². The van der Waals surface area contributed by atoms with E-state index in [1.807, 2.05) is 0 Å². The molecule has 9 atom stereocenters. The predicted molar refractivity (Wildman–Crippen MR) is 158 cm³/mol. The zero-order valence-electron chi connectivity index (χ0n) is 25.7. The fourth-order valence-electron chi connectivity index (χ4n) is 10.7. The number of hydrogen-bond donors (Lipinski definition) is 1. The van der Waals surface area contributed by atoms with Crippen molar-refractivity contribution in [1.82, 2.24) is 5.32 Å². The summed E-state index contributed by atoms with van der Waals surface area (Å²) in [6.45, 7) is 14.3. The molecule has 5 aliphatic carbocycles. The van der Waals surface area contributed by atoms with Gasteiger partial charge < -0.3 is 10.1 Å². The molecule has 216 valence electrons. The van der Waals surface area contributed by atoms with Gasteiger partial charge in [0.25, 0.3) is 0 Å². The lowest BCUT2D eigenvalue weighted by molar-refractivity contribution is -0.149. The summed E-state index contributed by atoms with van der Waals surface area (Å²) in [6.07, 6.45) is 22.8. The standard InChI is InChI=1S/C35H59NO2/c1-23(2)11-10-12-24(3)29-15-16-30-33-31(18-20-35(29,30)6)34(5)19-17-28(38-25(4)37)21-26(34)22-32(33)36-27-13-8-7-9-14-27/h22-24,27-33,36H,7-21H2,1-6H3/t24-,28+,29-,30+,31+,32+,33+,34+,35-/m1/s1. The van der Waals surface area contributed by atoms with Crippen LogP contribution in [0.4, 0.5) is 0 Å². The van der Waals surface area contributed by atoms with Crippen LogP contribution in [0.3, 0.4) is 0 Å². The molecule has 0 aliphatic heterocycles. The van der Waals surface area contributed by atoms with E-state index in [0.29, 0.717) is 17.5 Å². The molecule has 0 aromatic heterocycles. The van der Waals surface area contributed by atoms with E-state index in [4.69, 9.17) is 4.74 Å². The number of hydrogen-bond acceptors (Lipinski definition) is 3. The molecule has 0 spiro atoms. The minimum absolute atomic E-state index is 0.0788. The van der Waals surface area contributed by atoms with Gasteiger partial charge in [-0.3, -0.25) is 4.79 Å². The van der Waals surface area contributed by atoms with Crippen LogP contribution < -0.4 is 5.32 Å². The second-order valence-corrected chi connectivity index (χ2v) is 15.4. The zero-order chi connectivity index (χ0) is 27.1. The monoisotopic (exact) mass is 525 g/mol. The molecule has 0 bridgehead atoms. The summed E-state index contributed by atoms with van der Waals surface area (Å²) in [5, 5.41) is 4.30. The van der Waals surface area contributed by atoms with E-state index in [1.165, 1.54) is 83.5 Å². The lowest BCUT2D eigenvalue weighted by atomic mass is 9.46. The van der Waals surface area contributed by atoms with Crippen LogP contribution >= 0.6 is 0 Å². The lowest BCUT2D eigenvalue weighted by Gasteiger charge is -2.60. The summed E-state index contributed by atoms with van der Waals surface area (Å²) in [7, 11) is 0. The van der Waals surface area contributed by atoms with Crippen molar-refractivity contribution in [3.8, 4) is 0 Å². The van der Waals surface area contributed by atoms with Crippen LogP contribution in [0, 0.1) is 46.3 Å². The number of fused-ring (bicyclic) bond motifs is 5. The van der Waals surface area contributed by atoms with Gasteiger partial charge in [-0.2, -0.15) is 0 Å². The number of ether oxygens (including phenoxy) is 1. The van der Waals surface area contributed by atoms with E-state index in [9.17, 15) is 4.79 Å². The first kappa shape index (κ1) is 28.7. The summed E-state index contributed by atoms with van der Waals surface area (Å²) >= 11 is 0. The normalized spacial score (nSPS) is 42.1. The first-order valence-electron chi connectivity index (χ1n) is 16.8. The van der Waals surface area contributed by atoms with Gasteiger partial charge in [-0.05, 0) is 97.7 Å². The maximum absolute atomic E-state index is 11.8.